The van der Waals surface area contributed by atoms with Gasteiger partial charge in [-0.25, -0.2) is 0 Å². The summed E-state index contributed by atoms with van der Waals surface area (Å²) in [6.45, 7) is 4.10. The van der Waals surface area contributed by atoms with Gasteiger partial charge in [-0.15, -0.1) is 0 Å². The molecule has 0 saturated heterocycles. The zero-order valence-electron chi connectivity index (χ0n) is 7.25. The van der Waals surface area contributed by atoms with Gasteiger partial charge in [-0.2, -0.15) is 0 Å². The lowest BCUT2D eigenvalue weighted by atomic mass is 10.1. The van der Waals surface area contributed by atoms with Crippen molar-refractivity contribution in [3.63, 3.8) is 0 Å². The maximum absolute atomic E-state index is 11.4. The van der Waals surface area contributed by atoms with E-state index in [1.807, 2.05) is 6.92 Å². The summed E-state index contributed by atoms with van der Waals surface area (Å²) in [6, 6.07) is 0.287. The quantitative estimate of drug-likeness (QED) is 0.677. The van der Waals surface area contributed by atoms with Crippen molar-refractivity contribution in [1.29, 1.82) is 0 Å². The van der Waals surface area contributed by atoms with Crippen LogP contribution in [0.4, 0.5) is 0 Å². The molecule has 0 amide bonds. The van der Waals surface area contributed by atoms with Crippen LogP contribution in [0.5, 0.6) is 0 Å². The third-order valence-corrected chi connectivity index (χ3v) is 4.58. The smallest absolute Gasteiger partial charge is 0.0388 e. The van der Waals surface area contributed by atoms with E-state index in [1.54, 1.807) is 0 Å². The van der Waals surface area contributed by atoms with Crippen molar-refractivity contribution in [2.45, 2.75) is 38.0 Å². The number of hydrogen-bond acceptors (Lipinski definition) is 2. The number of nitrogens with two attached hydrogens (primary N) is 1. The van der Waals surface area contributed by atoms with E-state index >= 15 is 0 Å². The zero-order chi connectivity index (χ0) is 8.43. The molecule has 66 valence electrons. The summed E-state index contributed by atoms with van der Waals surface area (Å²) >= 11 is 0. The Kier molecular flexibility index (Phi) is 3.07. The minimum absolute atomic E-state index is 0.287. The Morgan fingerprint density at radius 3 is 2.55 bits per heavy atom. The van der Waals surface area contributed by atoms with Crippen LogP contribution in [0.1, 0.15) is 26.7 Å². The second-order valence-electron chi connectivity index (χ2n) is 3.31. The average Bonchev–Trinajstić information content (AvgIpc) is 2.32. The van der Waals surface area contributed by atoms with Crippen LogP contribution in [0.25, 0.3) is 0 Å². The van der Waals surface area contributed by atoms with E-state index in [1.165, 1.54) is 0 Å². The van der Waals surface area contributed by atoms with Gasteiger partial charge in [-0.1, -0.05) is 13.8 Å². The topological polar surface area (TPSA) is 43.1 Å². The van der Waals surface area contributed by atoms with Crippen molar-refractivity contribution < 1.29 is 4.21 Å². The Balaban J connectivity index is 2.54. The van der Waals surface area contributed by atoms with Gasteiger partial charge in [0.05, 0.1) is 0 Å². The van der Waals surface area contributed by atoms with Gasteiger partial charge in [0.1, 0.15) is 0 Å². The van der Waals surface area contributed by atoms with E-state index < -0.39 is 10.8 Å². The molecule has 1 aliphatic rings. The highest BCUT2D eigenvalue weighted by Gasteiger charge is 2.33. The largest absolute Gasteiger partial charge is 0.327 e. The molecule has 1 rings (SSSR count). The lowest BCUT2D eigenvalue weighted by Crippen LogP contribution is -2.30. The maximum Gasteiger partial charge on any atom is 0.0388 e. The summed E-state index contributed by atoms with van der Waals surface area (Å²) in [6.07, 6.45) is 2.11. The van der Waals surface area contributed by atoms with Crippen molar-refractivity contribution in [3.05, 3.63) is 0 Å². The van der Waals surface area contributed by atoms with Gasteiger partial charge in [0.15, 0.2) is 0 Å². The lowest BCUT2D eigenvalue weighted by Gasteiger charge is -2.16. The Morgan fingerprint density at radius 1 is 1.55 bits per heavy atom. The minimum Gasteiger partial charge on any atom is -0.327 e. The molecular weight excluding hydrogens is 158 g/mol. The molecule has 1 aliphatic carbocycles. The van der Waals surface area contributed by atoms with E-state index in [4.69, 9.17) is 5.73 Å². The summed E-state index contributed by atoms with van der Waals surface area (Å²) in [5.74, 6) is 1.23. The second kappa shape index (κ2) is 3.68. The van der Waals surface area contributed by atoms with Crippen LogP contribution in [0, 0.1) is 5.92 Å². The molecule has 1 saturated carbocycles. The third kappa shape index (κ3) is 1.82. The predicted octanol–water partition coefficient (Wildman–Crippen LogP) is 0.881. The summed E-state index contributed by atoms with van der Waals surface area (Å²) < 4.78 is 11.4. The summed E-state index contributed by atoms with van der Waals surface area (Å²) in [7, 11) is -0.633. The highest BCUT2D eigenvalue weighted by molar-refractivity contribution is 7.85. The first-order chi connectivity index (χ1) is 5.16. The Morgan fingerprint density at radius 2 is 2.18 bits per heavy atom. The van der Waals surface area contributed by atoms with Gasteiger partial charge in [-0.3, -0.25) is 4.21 Å². The van der Waals surface area contributed by atoms with Gasteiger partial charge in [0.25, 0.3) is 0 Å². The summed E-state index contributed by atoms with van der Waals surface area (Å²) in [5.41, 5.74) is 5.83. The van der Waals surface area contributed by atoms with Crippen LogP contribution < -0.4 is 5.73 Å². The van der Waals surface area contributed by atoms with Crippen LogP contribution in [0.2, 0.25) is 0 Å². The van der Waals surface area contributed by atoms with E-state index in [-0.39, 0.29) is 6.04 Å². The Bertz CT molecular complexity index is 160. The summed E-state index contributed by atoms with van der Waals surface area (Å²) in [4.78, 5) is 0. The van der Waals surface area contributed by atoms with E-state index in [0.29, 0.717) is 11.2 Å². The first kappa shape index (κ1) is 9.20. The Hall–Kier alpha value is 0.110. The van der Waals surface area contributed by atoms with Crippen LogP contribution in [0.3, 0.4) is 0 Å². The van der Waals surface area contributed by atoms with Crippen LogP contribution >= 0.6 is 0 Å². The van der Waals surface area contributed by atoms with Crippen molar-refractivity contribution in [2.75, 3.05) is 5.75 Å². The number of rotatable bonds is 2. The number of hydrogen-bond donors (Lipinski definition) is 1. The van der Waals surface area contributed by atoms with Gasteiger partial charge in [0.2, 0.25) is 0 Å². The van der Waals surface area contributed by atoms with Gasteiger partial charge >= 0.3 is 0 Å². The normalized spacial score (nSPS) is 40.8. The lowest BCUT2D eigenvalue weighted by molar-refractivity contribution is 0.527. The molecule has 0 aromatic heterocycles. The predicted molar refractivity (Wildman–Crippen MR) is 48.8 cm³/mol. The molecule has 1 fully saturated rings. The summed E-state index contributed by atoms with van der Waals surface area (Å²) in [5, 5.41) is 0.370. The fourth-order valence-electron chi connectivity index (χ4n) is 1.74. The van der Waals surface area contributed by atoms with Gasteiger partial charge in [-0.05, 0) is 18.8 Å². The first-order valence-corrected chi connectivity index (χ1v) is 5.67. The molecule has 0 bridgehead atoms. The molecule has 0 aromatic rings. The highest BCUT2D eigenvalue weighted by atomic mass is 32.2. The van der Waals surface area contributed by atoms with Gasteiger partial charge in [0, 0.05) is 27.8 Å². The molecule has 0 heterocycles. The van der Waals surface area contributed by atoms with Crippen molar-refractivity contribution in [3.8, 4) is 0 Å². The van der Waals surface area contributed by atoms with Gasteiger partial charge < -0.3 is 5.73 Å². The Labute approximate surface area is 71.0 Å². The molecule has 2 nitrogen and oxygen atoms in total. The van der Waals surface area contributed by atoms with Crippen LogP contribution in [0.15, 0.2) is 0 Å². The average molecular weight is 175 g/mol. The maximum atomic E-state index is 11.4. The fraction of sp³-hybridized carbons (Fsp3) is 1.00. The molecule has 0 aromatic carbocycles. The molecule has 0 radical (unpaired) electrons. The van der Waals surface area contributed by atoms with Crippen molar-refractivity contribution in [2.24, 2.45) is 11.7 Å². The first-order valence-electron chi connectivity index (χ1n) is 4.29. The van der Waals surface area contributed by atoms with Crippen molar-refractivity contribution >= 4 is 10.8 Å². The van der Waals surface area contributed by atoms with E-state index in [9.17, 15) is 4.21 Å². The van der Waals surface area contributed by atoms with Crippen LogP contribution in [-0.2, 0) is 10.8 Å². The molecule has 0 spiro atoms. The molecule has 4 unspecified atom stereocenters. The molecule has 4 atom stereocenters. The fourth-order valence-corrected chi connectivity index (χ4v) is 3.25. The molecular formula is C8H17NOS. The van der Waals surface area contributed by atoms with Crippen LogP contribution in [-0.4, -0.2) is 21.3 Å². The van der Waals surface area contributed by atoms with E-state index in [2.05, 4.69) is 6.92 Å². The minimum atomic E-state index is -0.633. The monoisotopic (exact) mass is 175 g/mol. The standard InChI is InChI=1S/C8H17NOS/c1-3-11(10)8-5-4-7(9)6(8)2/h6-8H,3-5,9H2,1-2H3. The zero-order valence-corrected chi connectivity index (χ0v) is 8.06. The molecule has 2 N–H and O–H groups in total. The molecule has 3 heteroatoms. The van der Waals surface area contributed by atoms with E-state index in [0.717, 1.165) is 18.6 Å². The second-order valence-corrected chi connectivity index (χ2v) is 5.25. The molecule has 0 aliphatic heterocycles. The van der Waals surface area contributed by atoms with Crippen molar-refractivity contribution in [1.82, 2.24) is 0 Å². The molecule has 11 heavy (non-hydrogen) atoms. The third-order valence-electron chi connectivity index (χ3n) is 2.67. The highest BCUT2D eigenvalue weighted by Crippen LogP contribution is 2.28. The SMILES string of the molecule is CCS(=O)C1CCC(N)C1C.